The zero-order valence-corrected chi connectivity index (χ0v) is 11.9. The first-order valence-corrected chi connectivity index (χ1v) is 7.16. The highest BCUT2D eigenvalue weighted by Gasteiger charge is 2.13. The van der Waals surface area contributed by atoms with Gasteiger partial charge in [0.15, 0.2) is 0 Å². The molecule has 0 saturated heterocycles. The molecule has 5 nitrogen and oxygen atoms in total. The molecule has 5 heteroatoms. The molecule has 2 rings (SSSR count). The third-order valence-corrected chi connectivity index (χ3v) is 3.62. The van der Waals surface area contributed by atoms with Crippen molar-refractivity contribution in [3.8, 4) is 0 Å². The van der Waals surface area contributed by atoms with Gasteiger partial charge in [-0.05, 0) is 19.8 Å². The average molecular weight is 264 g/mol. The Bertz CT molecular complexity index is 391. The molecule has 106 valence electrons. The van der Waals surface area contributed by atoms with Crippen LogP contribution in [0.3, 0.4) is 0 Å². The van der Waals surface area contributed by atoms with Crippen LogP contribution in [0.2, 0.25) is 0 Å². The van der Waals surface area contributed by atoms with E-state index in [1.165, 1.54) is 32.1 Å². The molecule has 0 aromatic carbocycles. The Morgan fingerprint density at radius 3 is 2.68 bits per heavy atom. The van der Waals surface area contributed by atoms with Crippen LogP contribution in [0.15, 0.2) is 6.33 Å². The van der Waals surface area contributed by atoms with Crippen LogP contribution < -0.4 is 10.6 Å². The molecule has 0 spiro atoms. The lowest BCUT2D eigenvalue weighted by molar-refractivity contribution is 0.0347. The highest BCUT2D eigenvalue weighted by Crippen LogP contribution is 2.20. The van der Waals surface area contributed by atoms with E-state index in [1.807, 2.05) is 14.0 Å². The number of ether oxygens (including phenoxy) is 1. The highest BCUT2D eigenvalue weighted by atomic mass is 16.5. The number of anilines is 2. The minimum absolute atomic E-state index is 0.468. The zero-order chi connectivity index (χ0) is 13.5. The standard InChI is InChI=1S/C14H24N4O/c1-11-13(15-2)17-10-18-14(11)16-8-9-19-12-6-4-3-5-7-12/h10,12H,3-9H2,1-2H3,(H2,15,16,17,18). The molecule has 1 aliphatic carbocycles. The minimum Gasteiger partial charge on any atom is -0.376 e. The Hall–Kier alpha value is -1.36. The average Bonchev–Trinajstić information content (AvgIpc) is 2.46. The number of aromatic nitrogens is 2. The molecule has 0 unspecified atom stereocenters. The van der Waals surface area contributed by atoms with E-state index < -0.39 is 0 Å². The molecule has 1 aromatic rings. The monoisotopic (exact) mass is 264 g/mol. The molecule has 0 bridgehead atoms. The van der Waals surface area contributed by atoms with Crippen LogP contribution in [0.25, 0.3) is 0 Å². The maximum absolute atomic E-state index is 5.88. The lowest BCUT2D eigenvalue weighted by Gasteiger charge is -2.22. The third-order valence-electron chi connectivity index (χ3n) is 3.62. The molecule has 1 aliphatic rings. The van der Waals surface area contributed by atoms with E-state index in [-0.39, 0.29) is 0 Å². The van der Waals surface area contributed by atoms with Crippen LogP contribution in [-0.2, 0) is 4.74 Å². The van der Waals surface area contributed by atoms with Crippen molar-refractivity contribution in [1.82, 2.24) is 9.97 Å². The van der Waals surface area contributed by atoms with Crippen molar-refractivity contribution in [2.24, 2.45) is 0 Å². The lowest BCUT2D eigenvalue weighted by atomic mass is 9.98. The van der Waals surface area contributed by atoms with E-state index >= 15 is 0 Å². The molecule has 1 fully saturated rings. The second kappa shape index (κ2) is 7.28. The SMILES string of the molecule is CNc1ncnc(NCCOC2CCCCC2)c1C. The molecule has 19 heavy (non-hydrogen) atoms. The molecule has 0 radical (unpaired) electrons. The topological polar surface area (TPSA) is 59.1 Å². The van der Waals surface area contributed by atoms with Gasteiger partial charge in [0.05, 0.1) is 12.7 Å². The second-order valence-corrected chi connectivity index (χ2v) is 5.00. The van der Waals surface area contributed by atoms with E-state index in [2.05, 4.69) is 20.6 Å². The van der Waals surface area contributed by atoms with Gasteiger partial charge in [-0.25, -0.2) is 9.97 Å². The number of hydrogen-bond donors (Lipinski definition) is 2. The minimum atomic E-state index is 0.468. The van der Waals surface area contributed by atoms with Crippen LogP contribution in [0.1, 0.15) is 37.7 Å². The van der Waals surface area contributed by atoms with E-state index in [4.69, 9.17) is 4.74 Å². The first-order valence-electron chi connectivity index (χ1n) is 7.16. The first-order chi connectivity index (χ1) is 9.31. The number of hydrogen-bond acceptors (Lipinski definition) is 5. The molecule has 0 aliphatic heterocycles. The van der Waals surface area contributed by atoms with Gasteiger partial charge in [-0.3, -0.25) is 0 Å². The predicted octanol–water partition coefficient (Wildman–Crippen LogP) is 2.59. The summed E-state index contributed by atoms with van der Waals surface area (Å²) in [6.45, 7) is 3.54. The number of rotatable bonds is 6. The molecule has 0 amide bonds. The molecule has 2 N–H and O–H groups in total. The molecule has 1 aromatic heterocycles. The Morgan fingerprint density at radius 2 is 1.95 bits per heavy atom. The maximum Gasteiger partial charge on any atom is 0.134 e. The fraction of sp³-hybridized carbons (Fsp3) is 0.714. The van der Waals surface area contributed by atoms with Crippen LogP contribution in [0, 0.1) is 6.92 Å². The van der Waals surface area contributed by atoms with Crippen molar-refractivity contribution in [1.29, 1.82) is 0 Å². The Morgan fingerprint density at radius 1 is 1.21 bits per heavy atom. The van der Waals surface area contributed by atoms with Crippen molar-refractivity contribution in [2.75, 3.05) is 30.8 Å². The van der Waals surface area contributed by atoms with Gasteiger partial charge in [-0.1, -0.05) is 19.3 Å². The van der Waals surface area contributed by atoms with E-state index in [9.17, 15) is 0 Å². The van der Waals surface area contributed by atoms with Gasteiger partial charge in [-0.2, -0.15) is 0 Å². The Balaban J connectivity index is 1.73. The van der Waals surface area contributed by atoms with E-state index in [0.717, 1.165) is 30.4 Å². The summed E-state index contributed by atoms with van der Waals surface area (Å²) in [6, 6.07) is 0. The summed E-state index contributed by atoms with van der Waals surface area (Å²) in [5.41, 5.74) is 1.04. The summed E-state index contributed by atoms with van der Waals surface area (Å²) in [7, 11) is 1.87. The van der Waals surface area contributed by atoms with Crippen LogP contribution >= 0.6 is 0 Å². The summed E-state index contributed by atoms with van der Waals surface area (Å²) in [4.78, 5) is 8.42. The zero-order valence-electron chi connectivity index (χ0n) is 11.9. The first kappa shape index (κ1) is 14.1. The molecule has 1 heterocycles. The van der Waals surface area contributed by atoms with Crippen molar-refractivity contribution in [3.63, 3.8) is 0 Å². The van der Waals surface area contributed by atoms with E-state index in [1.54, 1.807) is 6.33 Å². The summed E-state index contributed by atoms with van der Waals surface area (Å²) in [6.07, 6.45) is 8.47. The summed E-state index contributed by atoms with van der Waals surface area (Å²) >= 11 is 0. The van der Waals surface area contributed by atoms with Crippen LogP contribution in [0.5, 0.6) is 0 Å². The number of nitrogens with one attached hydrogen (secondary N) is 2. The molecule has 0 atom stereocenters. The smallest absolute Gasteiger partial charge is 0.134 e. The van der Waals surface area contributed by atoms with E-state index in [0.29, 0.717) is 6.10 Å². The fourth-order valence-corrected chi connectivity index (χ4v) is 2.51. The second-order valence-electron chi connectivity index (χ2n) is 5.00. The third kappa shape index (κ3) is 4.06. The maximum atomic E-state index is 5.88. The van der Waals surface area contributed by atoms with Gasteiger partial charge >= 0.3 is 0 Å². The summed E-state index contributed by atoms with van der Waals surface area (Å²) in [5, 5.41) is 6.37. The van der Waals surface area contributed by atoms with Crippen LogP contribution in [0.4, 0.5) is 11.6 Å². The van der Waals surface area contributed by atoms with Crippen molar-refractivity contribution < 1.29 is 4.74 Å². The number of nitrogens with zero attached hydrogens (tertiary/aromatic N) is 2. The highest BCUT2D eigenvalue weighted by molar-refractivity contribution is 5.55. The quantitative estimate of drug-likeness (QED) is 0.773. The fourth-order valence-electron chi connectivity index (χ4n) is 2.51. The Labute approximate surface area is 115 Å². The normalized spacial score (nSPS) is 16.3. The largest absolute Gasteiger partial charge is 0.376 e. The van der Waals surface area contributed by atoms with Gasteiger partial charge in [0.25, 0.3) is 0 Å². The van der Waals surface area contributed by atoms with Gasteiger partial charge < -0.3 is 15.4 Å². The molecular formula is C14H24N4O. The van der Waals surface area contributed by atoms with Crippen LogP contribution in [-0.4, -0.2) is 36.3 Å². The summed E-state index contributed by atoms with van der Waals surface area (Å²) < 4.78 is 5.88. The Kier molecular flexibility index (Phi) is 5.39. The molecular weight excluding hydrogens is 240 g/mol. The summed E-state index contributed by atoms with van der Waals surface area (Å²) in [5.74, 6) is 1.75. The molecule has 1 saturated carbocycles. The van der Waals surface area contributed by atoms with Gasteiger partial charge in [-0.15, -0.1) is 0 Å². The van der Waals surface area contributed by atoms with Gasteiger partial charge in [0.2, 0.25) is 0 Å². The van der Waals surface area contributed by atoms with Crippen molar-refractivity contribution in [3.05, 3.63) is 11.9 Å². The van der Waals surface area contributed by atoms with Gasteiger partial charge in [0.1, 0.15) is 18.0 Å². The van der Waals surface area contributed by atoms with Crippen molar-refractivity contribution >= 4 is 11.6 Å². The van der Waals surface area contributed by atoms with Crippen molar-refractivity contribution in [2.45, 2.75) is 45.1 Å². The van der Waals surface area contributed by atoms with Gasteiger partial charge in [0, 0.05) is 19.2 Å². The lowest BCUT2D eigenvalue weighted by Crippen LogP contribution is -2.21. The predicted molar refractivity (Wildman–Crippen MR) is 77.6 cm³/mol.